The predicted octanol–water partition coefficient (Wildman–Crippen LogP) is 7.06. The molecule has 130 valence electrons. The number of hydrogen-bond donors (Lipinski definition) is 0. The Hall–Kier alpha value is -0.863. The summed E-state index contributed by atoms with van der Waals surface area (Å²) in [5.74, 6) is 0. The first kappa shape index (κ1) is 20.2. The van der Waals surface area contributed by atoms with Gasteiger partial charge in [0, 0.05) is 0 Å². The molecule has 0 saturated heterocycles. The van der Waals surface area contributed by atoms with E-state index in [1.165, 1.54) is 17.6 Å². The second-order valence-corrected chi connectivity index (χ2v) is 13.0. The van der Waals surface area contributed by atoms with E-state index in [2.05, 4.69) is 84.9 Å². The average Bonchev–Trinajstić information content (AvgIpc) is 2.50. The molecule has 0 aliphatic carbocycles. The topological polar surface area (TPSA) is 9.23 Å². The van der Waals surface area contributed by atoms with E-state index in [1.807, 2.05) is 0 Å². The molecule has 0 atom stereocenters. The molecule has 23 heavy (non-hydrogen) atoms. The van der Waals surface area contributed by atoms with Gasteiger partial charge in [0.05, 0.1) is 6.61 Å². The van der Waals surface area contributed by atoms with E-state index < -0.39 is 8.32 Å². The molecule has 0 N–H and O–H groups in total. The van der Waals surface area contributed by atoms with Crippen molar-refractivity contribution < 1.29 is 4.43 Å². The van der Waals surface area contributed by atoms with Crippen LogP contribution < -0.4 is 0 Å². The monoisotopic (exact) mass is 332 g/mol. The molecule has 1 aromatic carbocycles. The van der Waals surface area contributed by atoms with Crippen molar-refractivity contribution in [2.45, 2.75) is 77.9 Å². The first-order chi connectivity index (χ1) is 10.9. The third kappa shape index (κ3) is 5.05. The molecule has 0 bridgehead atoms. The Labute approximate surface area is 145 Å². The smallest absolute Gasteiger partial charge is 0.200 e. The van der Waals surface area contributed by atoms with Gasteiger partial charge in [-0.3, -0.25) is 0 Å². The van der Waals surface area contributed by atoms with E-state index in [-0.39, 0.29) is 0 Å². The fourth-order valence-electron chi connectivity index (χ4n) is 3.93. The Morgan fingerprint density at radius 1 is 0.957 bits per heavy atom. The van der Waals surface area contributed by atoms with Gasteiger partial charge in [-0.1, -0.05) is 91.3 Å². The van der Waals surface area contributed by atoms with Crippen LogP contribution in [0.25, 0.3) is 5.57 Å². The van der Waals surface area contributed by atoms with Crippen LogP contribution >= 0.6 is 0 Å². The molecule has 0 fully saturated rings. The maximum absolute atomic E-state index is 6.80. The van der Waals surface area contributed by atoms with Crippen LogP contribution in [-0.4, -0.2) is 14.9 Å². The normalized spacial score (nSPS) is 13.4. The van der Waals surface area contributed by atoms with E-state index in [1.54, 1.807) is 0 Å². The summed E-state index contributed by atoms with van der Waals surface area (Å²) >= 11 is 0. The van der Waals surface area contributed by atoms with E-state index in [4.69, 9.17) is 4.43 Å². The van der Waals surface area contributed by atoms with Crippen LogP contribution in [0.4, 0.5) is 0 Å². The van der Waals surface area contributed by atoms with Crippen molar-refractivity contribution >= 4 is 13.9 Å². The Balaban J connectivity index is 3.04. The lowest BCUT2D eigenvalue weighted by Crippen LogP contribution is -2.48. The second-order valence-electron chi connectivity index (χ2n) is 7.49. The molecule has 0 saturated carbocycles. The highest BCUT2D eigenvalue weighted by Gasteiger charge is 2.45. The van der Waals surface area contributed by atoms with E-state index in [0.29, 0.717) is 16.6 Å². The van der Waals surface area contributed by atoms with Crippen molar-refractivity contribution in [3.8, 4) is 0 Å². The quantitative estimate of drug-likeness (QED) is 0.440. The molecule has 0 aromatic heterocycles. The van der Waals surface area contributed by atoms with Crippen LogP contribution in [0.2, 0.25) is 16.6 Å². The van der Waals surface area contributed by atoms with Crippen molar-refractivity contribution in [3.05, 3.63) is 42.0 Å². The molecule has 0 unspecified atom stereocenters. The van der Waals surface area contributed by atoms with Gasteiger partial charge < -0.3 is 4.43 Å². The highest BCUT2D eigenvalue weighted by molar-refractivity contribution is 6.77. The van der Waals surface area contributed by atoms with Crippen molar-refractivity contribution in [2.75, 3.05) is 6.61 Å². The minimum atomic E-state index is -1.80. The summed E-state index contributed by atoms with van der Waals surface area (Å²) in [7, 11) is -1.80. The maximum atomic E-state index is 6.80. The molecule has 1 aromatic rings. The molecule has 0 aliphatic rings. The van der Waals surface area contributed by atoms with Crippen molar-refractivity contribution in [1.29, 1.82) is 0 Å². The van der Waals surface area contributed by atoms with Gasteiger partial charge in [0.15, 0.2) is 0 Å². The van der Waals surface area contributed by atoms with Crippen LogP contribution in [0.5, 0.6) is 0 Å². The van der Waals surface area contributed by atoms with Crippen LogP contribution in [0.15, 0.2) is 36.4 Å². The molecule has 1 rings (SSSR count). The van der Waals surface area contributed by atoms with Gasteiger partial charge in [-0.05, 0) is 34.2 Å². The average molecular weight is 333 g/mol. The van der Waals surface area contributed by atoms with E-state index >= 15 is 0 Å². The third-order valence-corrected chi connectivity index (χ3v) is 11.1. The number of unbranched alkanes of at least 4 members (excludes halogenated alkanes) is 1. The fraction of sp³-hybridized carbons (Fsp3) is 0.619. The summed E-state index contributed by atoms with van der Waals surface area (Å²) in [6.45, 7) is 17.1. The van der Waals surface area contributed by atoms with Gasteiger partial charge in [0.2, 0.25) is 8.32 Å². The van der Waals surface area contributed by atoms with Gasteiger partial charge in [-0.15, -0.1) is 0 Å². The number of allylic oxidation sites excluding steroid dienone is 1. The van der Waals surface area contributed by atoms with Gasteiger partial charge >= 0.3 is 0 Å². The van der Waals surface area contributed by atoms with E-state index in [0.717, 1.165) is 13.0 Å². The van der Waals surface area contributed by atoms with Gasteiger partial charge in [-0.25, -0.2) is 0 Å². The zero-order chi connectivity index (χ0) is 17.5. The lowest BCUT2D eigenvalue weighted by molar-refractivity contribution is 0.322. The summed E-state index contributed by atoms with van der Waals surface area (Å²) in [4.78, 5) is 0. The zero-order valence-electron chi connectivity index (χ0n) is 16.2. The van der Waals surface area contributed by atoms with Crippen LogP contribution in [0, 0.1) is 0 Å². The summed E-state index contributed by atoms with van der Waals surface area (Å²) in [6, 6.07) is 10.7. The molecular formula is C21H36OSi. The molecule has 0 heterocycles. The summed E-state index contributed by atoms with van der Waals surface area (Å²) in [5.41, 5.74) is 4.55. The maximum Gasteiger partial charge on any atom is 0.200 e. The minimum Gasteiger partial charge on any atom is -0.412 e. The standard InChI is InChI=1S/C21H36OSi/c1-8-9-13-21(20-14-11-10-12-15-20)16-22-23(17(2)3,18(4)5)19(6)7/h10-15,17-19H,8-9,16H2,1-7H3/b21-13-. The number of hydrogen-bond acceptors (Lipinski definition) is 1. The van der Waals surface area contributed by atoms with Crippen LogP contribution in [-0.2, 0) is 4.43 Å². The molecule has 0 spiro atoms. The Morgan fingerprint density at radius 3 is 1.91 bits per heavy atom. The predicted molar refractivity (Wildman–Crippen MR) is 106 cm³/mol. The Bertz CT molecular complexity index is 452. The van der Waals surface area contributed by atoms with Gasteiger partial charge in [0.1, 0.15) is 0 Å². The molecule has 0 radical (unpaired) electrons. The molecule has 2 heteroatoms. The highest BCUT2D eigenvalue weighted by Crippen LogP contribution is 2.42. The first-order valence-corrected chi connectivity index (χ1v) is 11.4. The van der Waals surface area contributed by atoms with Crippen molar-refractivity contribution in [3.63, 3.8) is 0 Å². The lowest BCUT2D eigenvalue weighted by Gasteiger charge is -2.42. The molecule has 0 amide bonds. The Kier molecular flexibility index (Phi) is 8.28. The van der Waals surface area contributed by atoms with Gasteiger partial charge in [0.25, 0.3) is 0 Å². The zero-order valence-corrected chi connectivity index (χ0v) is 17.2. The summed E-state index contributed by atoms with van der Waals surface area (Å²) in [5, 5.41) is 0. The SMILES string of the molecule is CCC/C=C(/CO[Si](C(C)C)(C(C)C)C(C)C)c1ccccc1. The molecule has 0 aliphatic heterocycles. The number of rotatable bonds is 9. The van der Waals surface area contributed by atoms with Crippen molar-refractivity contribution in [2.24, 2.45) is 0 Å². The number of benzene rings is 1. The van der Waals surface area contributed by atoms with Crippen molar-refractivity contribution in [1.82, 2.24) is 0 Å². The third-order valence-electron chi connectivity index (χ3n) is 5.01. The minimum absolute atomic E-state index is 0.630. The largest absolute Gasteiger partial charge is 0.412 e. The first-order valence-electron chi connectivity index (χ1n) is 9.24. The highest BCUT2D eigenvalue weighted by atomic mass is 28.4. The fourth-order valence-corrected chi connectivity index (χ4v) is 9.34. The second kappa shape index (κ2) is 9.44. The molecular weight excluding hydrogens is 296 g/mol. The summed E-state index contributed by atoms with van der Waals surface area (Å²) in [6.07, 6.45) is 4.67. The van der Waals surface area contributed by atoms with Gasteiger partial charge in [-0.2, -0.15) is 0 Å². The molecule has 1 nitrogen and oxygen atoms in total. The van der Waals surface area contributed by atoms with Crippen LogP contribution in [0.3, 0.4) is 0 Å². The van der Waals surface area contributed by atoms with Crippen LogP contribution in [0.1, 0.15) is 66.9 Å². The lowest BCUT2D eigenvalue weighted by atomic mass is 10.1. The van der Waals surface area contributed by atoms with E-state index in [9.17, 15) is 0 Å². The summed E-state index contributed by atoms with van der Waals surface area (Å²) < 4.78 is 6.80. The Morgan fingerprint density at radius 2 is 1.48 bits per heavy atom.